The Morgan fingerprint density at radius 1 is 1.33 bits per heavy atom. The summed E-state index contributed by atoms with van der Waals surface area (Å²) < 4.78 is 52.9. The van der Waals surface area contributed by atoms with E-state index in [1.54, 1.807) is 13.0 Å². The van der Waals surface area contributed by atoms with E-state index in [0.29, 0.717) is 18.1 Å². The zero-order valence-corrected chi connectivity index (χ0v) is 21.2. The number of rotatable bonds is 9. The number of anilines is 1. The van der Waals surface area contributed by atoms with Crippen molar-refractivity contribution >= 4 is 33.7 Å². The van der Waals surface area contributed by atoms with Crippen LogP contribution in [-0.2, 0) is 14.8 Å². The number of benzene rings is 1. The third-order valence-electron chi connectivity index (χ3n) is 5.39. The largest absolute Gasteiger partial charge is 0.453 e. The van der Waals surface area contributed by atoms with Gasteiger partial charge in [0, 0.05) is 35.3 Å². The van der Waals surface area contributed by atoms with Crippen LogP contribution < -0.4 is 15.4 Å². The molecule has 0 unspecified atom stereocenters. The van der Waals surface area contributed by atoms with Crippen LogP contribution in [0.4, 0.5) is 15.1 Å². The molecule has 0 bridgehead atoms. The number of methoxy groups -OCH3 is 1. The number of nitrogens with zero attached hydrogens (tertiary/aromatic N) is 3. The molecule has 1 amide bonds. The van der Waals surface area contributed by atoms with Crippen LogP contribution in [0.25, 0.3) is 22.7 Å². The fraction of sp³-hybridized carbons (Fsp3) is 0.364. The molecule has 3 aromatic rings. The molecule has 3 N–H and O–H groups in total. The van der Waals surface area contributed by atoms with Gasteiger partial charge in [-0.25, -0.2) is 37.3 Å². The molecule has 0 radical (unpaired) electrons. The molecule has 4 rings (SSSR count). The first kappa shape index (κ1) is 25.8. The summed E-state index contributed by atoms with van der Waals surface area (Å²) in [6, 6.07) is 3.60. The molecule has 2 aromatic heterocycles. The van der Waals surface area contributed by atoms with E-state index in [1.807, 2.05) is 0 Å². The van der Waals surface area contributed by atoms with E-state index < -0.39 is 26.8 Å². The number of hydrogen-bond acceptors (Lipinski definition) is 9. The molecule has 1 aliphatic carbocycles. The van der Waals surface area contributed by atoms with E-state index in [1.165, 1.54) is 26.4 Å². The van der Waals surface area contributed by atoms with Crippen molar-refractivity contribution in [1.82, 2.24) is 25.0 Å². The monoisotopic (exact) mass is 538 g/mol. The maximum atomic E-state index is 15.5. The highest BCUT2D eigenvalue weighted by Gasteiger charge is 2.33. The Balaban J connectivity index is 1.73. The summed E-state index contributed by atoms with van der Waals surface area (Å²) in [5.41, 5.74) is 0.244. The number of carbonyl (C=O) groups is 1. The topological polar surface area (TPSA) is 148 Å². The minimum absolute atomic E-state index is 0.0132. The smallest absolute Gasteiger partial charge is 0.407 e. The summed E-state index contributed by atoms with van der Waals surface area (Å²) in [4.78, 5) is 23.9. The van der Waals surface area contributed by atoms with Crippen molar-refractivity contribution in [3.63, 3.8) is 0 Å². The molecule has 1 atom stereocenters. The van der Waals surface area contributed by atoms with Gasteiger partial charge in [0.25, 0.3) is 0 Å². The Kier molecular flexibility index (Phi) is 7.43. The summed E-state index contributed by atoms with van der Waals surface area (Å²) >= 11 is 6.17. The molecule has 36 heavy (non-hydrogen) atoms. The van der Waals surface area contributed by atoms with Gasteiger partial charge in [-0.3, -0.25) is 0 Å². The lowest BCUT2D eigenvalue weighted by Gasteiger charge is -2.14. The van der Waals surface area contributed by atoms with Gasteiger partial charge in [0.05, 0.1) is 7.11 Å². The molecular formula is C22H24ClFN6O5S. The SMILES string of the molecule is CNS(=O)(=O)c1cc(Cl)cc(-c2nc(C3CC3)oc2-c2ccnc(NC[C@H](C)NC(=O)OC)n2)c1F. The van der Waals surface area contributed by atoms with E-state index in [0.717, 1.165) is 18.9 Å². The maximum absolute atomic E-state index is 15.5. The van der Waals surface area contributed by atoms with Crippen molar-refractivity contribution in [2.45, 2.75) is 36.6 Å². The van der Waals surface area contributed by atoms with Crippen molar-refractivity contribution < 1.29 is 26.8 Å². The van der Waals surface area contributed by atoms with Crippen molar-refractivity contribution in [2.24, 2.45) is 0 Å². The summed E-state index contributed by atoms with van der Waals surface area (Å²) in [6.07, 6.45) is 2.66. The number of amides is 1. The average Bonchev–Trinajstić information content (AvgIpc) is 3.62. The van der Waals surface area contributed by atoms with Gasteiger partial charge in [-0.2, -0.15) is 0 Å². The van der Waals surface area contributed by atoms with Crippen LogP contribution >= 0.6 is 11.6 Å². The summed E-state index contributed by atoms with van der Waals surface area (Å²) in [5.74, 6) is -0.143. The van der Waals surface area contributed by atoms with Crippen LogP contribution in [0.3, 0.4) is 0 Å². The molecule has 1 aromatic carbocycles. The fourth-order valence-corrected chi connectivity index (χ4v) is 4.50. The first-order valence-electron chi connectivity index (χ1n) is 11.0. The molecule has 0 saturated heterocycles. The number of halogens is 2. The highest BCUT2D eigenvalue weighted by Crippen LogP contribution is 2.44. The second-order valence-corrected chi connectivity index (χ2v) is 10.5. The molecule has 0 aliphatic heterocycles. The predicted octanol–water partition coefficient (Wildman–Crippen LogP) is 3.53. The highest BCUT2D eigenvalue weighted by molar-refractivity contribution is 7.89. The van der Waals surface area contributed by atoms with Gasteiger partial charge >= 0.3 is 6.09 Å². The number of ether oxygens (including phenoxy) is 1. The fourth-order valence-electron chi connectivity index (χ4n) is 3.37. The Bertz CT molecular complexity index is 1400. The van der Waals surface area contributed by atoms with Gasteiger partial charge in [-0.05, 0) is 45.0 Å². The summed E-state index contributed by atoms with van der Waals surface area (Å²) in [7, 11) is -1.68. The third-order valence-corrected chi connectivity index (χ3v) is 7.02. The Morgan fingerprint density at radius 2 is 2.08 bits per heavy atom. The molecule has 0 spiro atoms. The van der Waals surface area contributed by atoms with Gasteiger partial charge in [0.1, 0.15) is 16.3 Å². The minimum atomic E-state index is -4.13. The molecule has 11 nitrogen and oxygen atoms in total. The van der Waals surface area contributed by atoms with Gasteiger partial charge in [-0.1, -0.05) is 11.6 Å². The Morgan fingerprint density at radius 3 is 2.75 bits per heavy atom. The Labute approximate surface area is 211 Å². The number of hydrogen-bond donors (Lipinski definition) is 3. The van der Waals surface area contributed by atoms with Gasteiger partial charge in [0.2, 0.25) is 16.0 Å². The third kappa shape index (κ3) is 5.58. The molecule has 2 heterocycles. The maximum Gasteiger partial charge on any atom is 0.407 e. The van der Waals surface area contributed by atoms with Crippen LogP contribution in [0.2, 0.25) is 5.02 Å². The van der Waals surface area contributed by atoms with E-state index >= 15 is 4.39 Å². The zero-order chi connectivity index (χ0) is 26.0. The van der Waals surface area contributed by atoms with Crippen molar-refractivity contribution in [1.29, 1.82) is 0 Å². The zero-order valence-electron chi connectivity index (χ0n) is 19.6. The molecule has 1 saturated carbocycles. The van der Waals surface area contributed by atoms with Crippen LogP contribution in [0.1, 0.15) is 31.6 Å². The second kappa shape index (κ2) is 10.4. The highest BCUT2D eigenvalue weighted by atomic mass is 35.5. The number of oxazole rings is 1. The minimum Gasteiger partial charge on any atom is -0.453 e. The van der Waals surface area contributed by atoms with E-state index in [-0.39, 0.29) is 39.9 Å². The first-order valence-corrected chi connectivity index (χ1v) is 12.8. The lowest BCUT2D eigenvalue weighted by Crippen LogP contribution is -2.37. The van der Waals surface area contributed by atoms with Gasteiger partial charge in [-0.15, -0.1) is 0 Å². The normalized spacial score (nSPS) is 14.4. The Hall–Kier alpha value is -3.29. The van der Waals surface area contributed by atoms with Crippen LogP contribution in [0, 0.1) is 5.82 Å². The van der Waals surface area contributed by atoms with Crippen molar-refractivity contribution in [3.05, 3.63) is 41.1 Å². The second-order valence-electron chi connectivity index (χ2n) is 8.16. The average molecular weight is 539 g/mol. The summed E-state index contributed by atoms with van der Waals surface area (Å²) in [5, 5.41) is 5.64. The van der Waals surface area contributed by atoms with Crippen molar-refractivity contribution in [2.75, 3.05) is 26.0 Å². The van der Waals surface area contributed by atoms with Crippen LogP contribution in [0.5, 0.6) is 0 Å². The number of alkyl carbamates (subject to hydrolysis) is 1. The number of sulfonamides is 1. The van der Waals surface area contributed by atoms with Crippen LogP contribution in [-0.4, -0.2) is 56.2 Å². The number of aromatic nitrogens is 3. The molecule has 14 heteroatoms. The van der Waals surface area contributed by atoms with Crippen molar-refractivity contribution in [3.8, 4) is 22.7 Å². The predicted molar refractivity (Wildman–Crippen MR) is 130 cm³/mol. The number of nitrogens with one attached hydrogen (secondary N) is 3. The van der Waals surface area contributed by atoms with E-state index in [9.17, 15) is 13.2 Å². The number of carbonyl (C=O) groups excluding carboxylic acids is 1. The molecule has 192 valence electrons. The van der Waals surface area contributed by atoms with E-state index in [2.05, 4.69) is 35.0 Å². The van der Waals surface area contributed by atoms with E-state index in [4.69, 9.17) is 16.0 Å². The van der Waals surface area contributed by atoms with Gasteiger partial charge in [0.15, 0.2) is 17.5 Å². The lowest BCUT2D eigenvalue weighted by molar-refractivity contribution is 0.168. The lowest BCUT2D eigenvalue weighted by atomic mass is 10.1. The molecular weight excluding hydrogens is 515 g/mol. The van der Waals surface area contributed by atoms with Gasteiger partial charge < -0.3 is 19.8 Å². The summed E-state index contributed by atoms with van der Waals surface area (Å²) in [6.45, 7) is 2.06. The first-order chi connectivity index (χ1) is 17.1. The standard InChI is InChI=1S/C22H24ClFN6O5S/c1-11(28-22(31)34-3)10-27-21-26-7-6-15(29-21)19-18(30-20(35-19)12-4-5-12)14-8-13(23)9-16(17(14)24)36(32,33)25-2/h6-9,11-12,25H,4-5,10H2,1-3H3,(H,28,31)(H,26,27,29)/t11-/m0/s1. The molecule has 1 aliphatic rings. The molecule has 1 fully saturated rings. The van der Waals surface area contributed by atoms with Crippen LogP contribution in [0.15, 0.2) is 33.7 Å². The quantitative estimate of drug-likeness (QED) is 0.372.